The van der Waals surface area contributed by atoms with Crippen molar-refractivity contribution in [2.45, 2.75) is 32.7 Å². The van der Waals surface area contributed by atoms with E-state index in [-0.39, 0.29) is 30.4 Å². The fraction of sp³-hybridized carbons (Fsp3) is 0.529. The number of hydrogen-bond donors (Lipinski definition) is 3. The summed E-state index contributed by atoms with van der Waals surface area (Å²) in [5, 5.41) is 8.82. The number of nitrogens with zero attached hydrogens (tertiary/aromatic N) is 1. The number of carbonyl (C=O) groups is 2. The van der Waals surface area contributed by atoms with Crippen LogP contribution in [0.4, 0.5) is 10.5 Å². The Morgan fingerprint density at radius 2 is 2.00 bits per heavy atom. The van der Waals surface area contributed by atoms with Crippen molar-refractivity contribution in [3.8, 4) is 0 Å². The van der Waals surface area contributed by atoms with E-state index in [1.807, 2.05) is 36.1 Å². The van der Waals surface area contributed by atoms with Gasteiger partial charge in [0.15, 0.2) is 0 Å². The van der Waals surface area contributed by atoms with Crippen molar-refractivity contribution in [1.29, 1.82) is 0 Å². The Morgan fingerprint density at radius 3 is 2.62 bits per heavy atom. The number of rotatable bonds is 5. The minimum absolute atomic E-state index is 0. The minimum Gasteiger partial charge on any atom is -0.338 e. The molecule has 3 N–H and O–H groups in total. The van der Waals surface area contributed by atoms with Gasteiger partial charge >= 0.3 is 6.03 Å². The number of urea groups is 1. The van der Waals surface area contributed by atoms with Gasteiger partial charge in [-0.2, -0.15) is 0 Å². The van der Waals surface area contributed by atoms with E-state index in [1.165, 1.54) is 0 Å². The molecule has 1 heterocycles. The predicted molar refractivity (Wildman–Crippen MR) is 98.8 cm³/mol. The number of nitrogens with one attached hydrogen (secondary N) is 3. The molecule has 0 unspecified atom stereocenters. The summed E-state index contributed by atoms with van der Waals surface area (Å²) in [5.41, 5.74) is 1.69. The SMILES string of the molecule is CCCNC(=O)Nc1ccc(CC(=O)N2CCNC[C@@H]2C)cc1.Cl. The van der Waals surface area contributed by atoms with Gasteiger partial charge in [0.2, 0.25) is 5.91 Å². The van der Waals surface area contributed by atoms with E-state index >= 15 is 0 Å². The summed E-state index contributed by atoms with van der Waals surface area (Å²) in [6.45, 7) is 7.18. The molecule has 24 heavy (non-hydrogen) atoms. The average Bonchev–Trinajstić information content (AvgIpc) is 2.55. The maximum atomic E-state index is 12.4. The first-order valence-corrected chi connectivity index (χ1v) is 8.24. The van der Waals surface area contributed by atoms with Gasteiger partial charge in [0.05, 0.1) is 6.42 Å². The lowest BCUT2D eigenvalue weighted by Crippen LogP contribution is -2.52. The predicted octanol–water partition coefficient (Wildman–Crippen LogP) is 2.00. The van der Waals surface area contributed by atoms with Gasteiger partial charge in [-0.05, 0) is 31.0 Å². The van der Waals surface area contributed by atoms with Crippen LogP contribution in [0.1, 0.15) is 25.8 Å². The summed E-state index contributed by atoms with van der Waals surface area (Å²) in [4.78, 5) is 25.9. The zero-order valence-electron chi connectivity index (χ0n) is 14.3. The topological polar surface area (TPSA) is 73.5 Å². The molecule has 1 aliphatic rings. The van der Waals surface area contributed by atoms with Gasteiger partial charge in [-0.3, -0.25) is 4.79 Å². The fourth-order valence-electron chi connectivity index (χ4n) is 2.61. The number of carbonyl (C=O) groups excluding carboxylic acids is 2. The first kappa shape index (κ1) is 20.3. The molecule has 1 saturated heterocycles. The molecule has 0 bridgehead atoms. The average molecular weight is 355 g/mol. The van der Waals surface area contributed by atoms with Gasteiger partial charge in [0.25, 0.3) is 0 Å². The molecule has 1 fully saturated rings. The molecule has 1 aliphatic heterocycles. The molecule has 1 atom stereocenters. The van der Waals surface area contributed by atoms with Crippen LogP contribution in [0.3, 0.4) is 0 Å². The van der Waals surface area contributed by atoms with E-state index < -0.39 is 0 Å². The molecule has 134 valence electrons. The van der Waals surface area contributed by atoms with Gasteiger partial charge in [-0.1, -0.05) is 19.1 Å². The second-order valence-corrected chi connectivity index (χ2v) is 5.89. The third kappa shape index (κ3) is 6.02. The molecular formula is C17H27ClN4O2. The first-order valence-electron chi connectivity index (χ1n) is 8.24. The highest BCUT2D eigenvalue weighted by molar-refractivity contribution is 5.89. The molecule has 6 nitrogen and oxygen atoms in total. The number of hydrogen-bond acceptors (Lipinski definition) is 3. The van der Waals surface area contributed by atoms with Gasteiger partial charge in [0.1, 0.15) is 0 Å². The van der Waals surface area contributed by atoms with Crippen LogP contribution in [0.2, 0.25) is 0 Å². The molecule has 7 heteroatoms. The second kappa shape index (κ2) is 10.2. The number of halogens is 1. The lowest BCUT2D eigenvalue weighted by Gasteiger charge is -2.34. The maximum Gasteiger partial charge on any atom is 0.319 e. The molecule has 1 aromatic carbocycles. The minimum atomic E-state index is -0.203. The normalized spacial score (nSPS) is 16.9. The number of piperazine rings is 1. The number of amides is 3. The fourth-order valence-corrected chi connectivity index (χ4v) is 2.61. The van der Waals surface area contributed by atoms with Crippen LogP contribution in [-0.2, 0) is 11.2 Å². The van der Waals surface area contributed by atoms with Crippen molar-refractivity contribution in [3.63, 3.8) is 0 Å². The van der Waals surface area contributed by atoms with Crippen LogP contribution in [-0.4, -0.2) is 49.1 Å². The molecule has 2 rings (SSSR count). The standard InChI is InChI=1S/C17H26N4O2.ClH/c1-3-8-19-17(23)20-15-6-4-14(5-7-15)11-16(22)21-10-9-18-12-13(21)2;/h4-7,13,18H,3,8-12H2,1-2H3,(H2,19,20,23);1H/t13-;/m0./s1. The molecule has 0 aliphatic carbocycles. The largest absolute Gasteiger partial charge is 0.338 e. The van der Waals surface area contributed by atoms with Crippen molar-refractivity contribution in [2.75, 3.05) is 31.5 Å². The number of benzene rings is 1. The lowest BCUT2D eigenvalue weighted by molar-refractivity contribution is -0.133. The molecule has 0 spiro atoms. The summed E-state index contributed by atoms with van der Waals surface area (Å²) in [6.07, 6.45) is 1.30. The highest BCUT2D eigenvalue weighted by atomic mass is 35.5. The molecule has 0 radical (unpaired) electrons. The highest BCUT2D eigenvalue weighted by Crippen LogP contribution is 2.12. The van der Waals surface area contributed by atoms with Gasteiger partial charge in [-0.15, -0.1) is 12.4 Å². The Labute approximate surface area is 149 Å². The third-order valence-electron chi connectivity index (χ3n) is 3.92. The molecule has 0 aromatic heterocycles. The van der Waals surface area contributed by atoms with Crippen LogP contribution < -0.4 is 16.0 Å². The quantitative estimate of drug-likeness (QED) is 0.757. The summed E-state index contributed by atoms with van der Waals surface area (Å²) in [6, 6.07) is 7.47. The van der Waals surface area contributed by atoms with E-state index in [4.69, 9.17) is 0 Å². The molecule has 0 saturated carbocycles. The van der Waals surface area contributed by atoms with Crippen LogP contribution in [0.15, 0.2) is 24.3 Å². The summed E-state index contributed by atoms with van der Waals surface area (Å²) in [7, 11) is 0. The summed E-state index contributed by atoms with van der Waals surface area (Å²) in [5.74, 6) is 0.153. The monoisotopic (exact) mass is 354 g/mol. The van der Waals surface area contributed by atoms with Crippen molar-refractivity contribution >= 4 is 30.0 Å². The Balaban J connectivity index is 0.00000288. The van der Waals surface area contributed by atoms with E-state index in [0.29, 0.717) is 13.0 Å². The van der Waals surface area contributed by atoms with Gasteiger partial charge in [-0.25, -0.2) is 4.79 Å². The van der Waals surface area contributed by atoms with Crippen LogP contribution in [0.5, 0.6) is 0 Å². The summed E-state index contributed by atoms with van der Waals surface area (Å²) < 4.78 is 0. The second-order valence-electron chi connectivity index (χ2n) is 5.89. The van der Waals surface area contributed by atoms with E-state index in [9.17, 15) is 9.59 Å². The molecule has 1 aromatic rings. The number of anilines is 1. The molecular weight excluding hydrogens is 328 g/mol. The Hall–Kier alpha value is -1.79. The maximum absolute atomic E-state index is 12.4. The highest BCUT2D eigenvalue weighted by Gasteiger charge is 2.22. The van der Waals surface area contributed by atoms with Gasteiger partial charge in [0, 0.05) is 37.9 Å². The molecule has 3 amide bonds. The smallest absolute Gasteiger partial charge is 0.319 e. The van der Waals surface area contributed by atoms with Gasteiger partial charge < -0.3 is 20.9 Å². The zero-order chi connectivity index (χ0) is 16.7. The van der Waals surface area contributed by atoms with Crippen molar-refractivity contribution < 1.29 is 9.59 Å². The van der Waals surface area contributed by atoms with Crippen molar-refractivity contribution in [2.24, 2.45) is 0 Å². The van der Waals surface area contributed by atoms with E-state index in [2.05, 4.69) is 22.9 Å². The Morgan fingerprint density at radius 1 is 1.29 bits per heavy atom. The summed E-state index contributed by atoms with van der Waals surface area (Å²) >= 11 is 0. The van der Waals surface area contributed by atoms with Crippen LogP contribution in [0, 0.1) is 0 Å². The van der Waals surface area contributed by atoms with E-state index in [0.717, 1.165) is 37.3 Å². The van der Waals surface area contributed by atoms with Crippen molar-refractivity contribution in [3.05, 3.63) is 29.8 Å². The van der Waals surface area contributed by atoms with Crippen molar-refractivity contribution in [1.82, 2.24) is 15.5 Å². The van der Waals surface area contributed by atoms with E-state index in [1.54, 1.807) is 0 Å². The Kier molecular flexibility index (Phi) is 8.57. The van der Waals surface area contributed by atoms with Crippen LogP contribution in [0.25, 0.3) is 0 Å². The zero-order valence-corrected chi connectivity index (χ0v) is 15.1. The lowest BCUT2D eigenvalue weighted by atomic mass is 10.1. The Bertz CT molecular complexity index is 536. The first-order chi connectivity index (χ1) is 11.1. The third-order valence-corrected chi connectivity index (χ3v) is 3.92. The van der Waals surface area contributed by atoms with Crippen LogP contribution >= 0.6 is 12.4 Å².